The molecule has 0 aliphatic heterocycles. The van der Waals surface area contributed by atoms with Gasteiger partial charge in [0.1, 0.15) is 11.5 Å². The van der Waals surface area contributed by atoms with Crippen LogP contribution in [0.3, 0.4) is 0 Å². The van der Waals surface area contributed by atoms with E-state index in [1.54, 1.807) is 26.4 Å². The molecular weight excluding hydrogens is 302 g/mol. The third-order valence-electron chi connectivity index (χ3n) is 3.82. The highest BCUT2D eigenvalue weighted by atomic mass is 16.5. The minimum Gasteiger partial charge on any atom is -0.497 e. The Bertz CT molecular complexity index is 778. The lowest BCUT2D eigenvalue weighted by molar-refractivity contribution is -0.111. The molecule has 0 heterocycles. The monoisotopic (exact) mass is 325 g/mol. The van der Waals surface area contributed by atoms with Crippen molar-refractivity contribution in [1.29, 1.82) is 0 Å². The zero-order chi connectivity index (χ0) is 17.7. The van der Waals surface area contributed by atoms with Crippen molar-refractivity contribution in [3.63, 3.8) is 0 Å². The van der Waals surface area contributed by atoms with Gasteiger partial charge in [0.25, 0.3) is 0 Å². The highest BCUT2D eigenvalue weighted by Crippen LogP contribution is 2.30. The van der Waals surface area contributed by atoms with Gasteiger partial charge in [-0.05, 0) is 50.1 Å². The Labute approximate surface area is 143 Å². The second-order valence-corrected chi connectivity index (χ2v) is 5.70. The molecule has 4 nitrogen and oxygen atoms in total. The van der Waals surface area contributed by atoms with Crippen LogP contribution in [-0.4, -0.2) is 20.1 Å². The summed E-state index contributed by atoms with van der Waals surface area (Å²) in [7, 11) is 3.20. The normalized spacial score (nSPS) is 11.1. The molecule has 0 bridgehead atoms. The number of hydrogen-bond acceptors (Lipinski definition) is 3. The average Bonchev–Trinajstić information content (AvgIpc) is 2.56. The second-order valence-electron chi connectivity index (χ2n) is 5.70. The van der Waals surface area contributed by atoms with Gasteiger partial charge in [0.15, 0.2) is 0 Å². The molecule has 0 aliphatic rings. The molecule has 0 saturated carbocycles. The fourth-order valence-corrected chi connectivity index (χ4v) is 2.52. The first-order chi connectivity index (χ1) is 11.4. The van der Waals surface area contributed by atoms with Crippen LogP contribution >= 0.6 is 0 Å². The standard InChI is InChI=1S/C20H23NO3/c1-13-6-9-18(15(3)10-13)21-20(22)11-14(2)17-8-7-16(23-4)12-19(17)24-5/h6-12H,1-5H3,(H,21,22)/b14-11+. The van der Waals surface area contributed by atoms with Gasteiger partial charge in [-0.25, -0.2) is 0 Å². The molecule has 0 aliphatic carbocycles. The van der Waals surface area contributed by atoms with Crippen LogP contribution in [0.25, 0.3) is 5.57 Å². The molecule has 1 N–H and O–H groups in total. The van der Waals surface area contributed by atoms with Crippen molar-refractivity contribution in [1.82, 2.24) is 0 Å². The van der Waals surface area contributed by atoms with E-state index in [1.165, 1.54) is 5.56 Å². The summed E-state index contributed by atoms with van der Waals surface area (Å²) in [6, 6.07) is 11.5. The molecule has 0 aromatic heterocycles. The summed E-state index contributed by atoms with van der Waals surface area (Å²) in [6.45, 7) is 5.89. The van der Waals surface area contributed by atoms with E-state index in [-0.39, 0.29) is 5.91 Å². The molecule has 24 heavy (non-hydrogen) atoms. The third kappa shape index (κ3) is 4.16. The molecule has 0 fully saturated rings. The van der Waals surface area contributed by atoms with Crippen LogP contribution in [0.4, 0.5) is 5.69 Å². The van der Waals surface area contributed by atoms with Crippen molar-refractivity contribution in [3.8, 4) is 11.5 Å². The van der Waals surface area contributed by atoms with Crippen LogP contribution in [0.15, 0.2) is 42.5 Å². The Morgan fingerprint density at radius 1 is 1.04 bits per heavy atom. The number of carbonyl (C=O) groups is 1. The van der Waals surface area contributed by atoms with E-state index in [9.17, 15) is 4.79 Å². The molecule has 1 amide bonds. The number of hydrogen-bond donors (Lipinski definition) is 1. The minimum atomic E-state index is -0.169. The van der Waals surface area contributed by atoms with Crippen molar-refractivity contribution in [2.45, 2.75) is 20.8 Å². The summed E-state index contributed by atoms with van der Waals surface area (Å²) >= 11 is 0. The molecular formula is C20H23NO3. The number of methoxy groups -OCH3 is 2. The Morgan fingerprint density at radius 3 is 2.42 bits per heavy atom. The number of carbonyl (C=O) groups excluding carboxylic acids is 1. The van der Waals surface area contributed by atoms with Gasteiger partial charge in [-0.1, -0.05) is 17.7 Å². The topological polar surface area (TPSA) is 47.6 Å². The Balaban J connectivity index is 2.22. The Morgan fingerprint density at radius 2 is 1.79 bits per heavy atom. The molecule has 2 rings (SSSR count). The van der Waals surface area contributed by atoms with E-state index in [4.69, 9.17) is 9.47 Å². The van der Waals surface area contributed by atoms with Crippen molar-refractivity contribution < 1.29 is 14.3 Å². The van der Waals surface area contributed by atoms with Crippen LogP contribution < -0.4 is 14.8 Å². The summed E-state index contributed by atoms with van der Waals surface area (Å²) < 4.78 is 10.6. The summed E-state index contributed by atoms with van der Waals surface area (Å²) in [4.78, 5) is 12.3. The summed E-state index contributed by atoms with van der Waals surface area (Å²) in [5.41, 5.74) is 4.69. The predicted octanol–water partition coefficient (Wildman–Crippen LogP) is 4.36. The summed E-state index contributed by atoms with van der Waals surface area (Å²) in [6.07, 6.45) is 1.57. The maximum atomic E-state index is 12.3. The first kappa shape index (κ1) is 17.6. The number of amides is 1. The number of benzene rings is 2. The van der Waals surface area contributed by atoms with Crippen molar-refractivity contribution in [3.05, 3.63) is 59.2 Å². The van der Waals surface area contributed by atoms with E-state index in [1.807, 2.05) is 51.1 Å². The maximum Gasteiger partial charge on any atom is 0.248 e. The average molecular weight is 325 g/mol. The van der Waals surface area contributed by atoms with E-state index in [0.717, 1.165) is 22.4 Å². The largest absolute Gasteiger partial charge is 0.497 e. The van der Waals surface area contributed by atoms with Crippen molar-refractivity contribution >= 4 is 17.2 Å². The van der Waals surface area contributed by atoms with Gasteiger partial charge in [-0.3, -0.25) is 4.79 Å². The Kier molecular flexibility index (Phi) is 5.64. The predicted molar refractivity (Wildman–Crippen MR) is 97.7 cm³/mol. The van der Waals surface area contributed by atoms with Gasteiger partial charge in [0, 0.05) is 23.4 Å². The molecule has 0 spiro atoms. The lowest BCUT2D eigenvalue weighted by atomic mass is 10.1. The van der Waals surface area contributed by atoms with Crippen LogP contribution in [0.1, 0.15) is 23.6 Å². The van der Waals surface area contributed by atoms with Gasteiger partial charge in [0.2, 0.25) is 5.91 Å². The molecule has 4 heteroatoms. The molecule has 0 radical (unpaired) electrons. The SMILES string of the molecule is COc1ccc(/C(C)=C/C(=O)Nc2ccc(C)cc2C)c(OC)c1. The lowest BCUT2D eigenvalue weighted by Crippen LogP contribution is -2.10. The smallest absolute Gasteiger partial charge is 0.248 e. The third-order valence-corrected chi connectivity index (χ3v) is 3.82. The molecule has 2 aromatic rings. The molecule has 0 atom stereocenters. The van der Waals surface area contributed by atoms with Gasteiger partial charge < -0.3 is 14.8 Å². The van der Waals surface area contributed by atoms with Gasteiger partial charge >= 0.3 is 0 Å². The lowest BCUT2D eigenvalue weighted by Gasteiger charge is -2.11. The van der Waals surface area contributed by atoms with Gasteiger partial charge in [0.05, 0.1) is 14.2 Å². The highest BCUT2D eigenvalue weighted by Gasteiger charge is 2.09. The number of ether oxygens (including phenoxy) is 2. The molecule has 126 valence electrons. The zero-order valence-electron chi connectivity index (χ0n) is 14.8. The fraction of sp³-hybridized carbons (Fsp3) is 0.250. The number of anilines is 1. The molecule has 0 unspecified atom stereocenters. The van der Waals surface area contributed by atoms with E-state index >= 15 is 0 Å². The zero-order valence-corrected chi connectivity index (χ0v) is 14.8. The van der Waals surface area contributed by atoms with E-state index < -0.39 is 0 Å². The van der Waals surface area contributed by atoms with Crippen LogP contribution in [0, 0.1) is 13.8 Å². The molecule has 0 saturated heterocycles. The first-order valence-corrected chi connectivity index (χ1v) is 7.73. The van der Waals surface area contributed by atoms with Gasteiger partial charge in [-0.15, -0.1) is 0 Å². The highest BCUT2D eigenvalue weighted by molar-refractivity contribution is 6.04. The number of allylic oxidation sites excluding steroid dienone is 1. The van der Waals surface area contributed by atoms with Crippen molar-refractivity contribution in [2.75, 3.05) is 19.5 Å². The number of aryl methyl sites for hydroxylation is 2. The quantitative estimate of drug-likeness (QED) is 0.831. The van der Waals surface area contributed by atoms with Crippen LogP contribution in [0.5, 0.6) is 11.5 Å². The first-order valence-electron chi connectivity index (χ1n) is 7.73. The number of rotatable bonds is 5. The second kappa shape index (κ2) is 7.68. The van der Waals surface area contributed by atoms with E-state index in [0.29, 0.717) is 11.5 Å². The molecule has 2 aromatic carbocycles. The van der Waals surface area contributed by atoms with Crippen molar-refractivity contribution in [2.24, 2.45) is 0 Å². The summed E-state index contributed by atoms with van der Waals surface area (Å²) in [5.74, 6) is 1.21. The summed E-state index contributed by atoms with van der Waals surface area (Å²) in [5, 5.41) is 2.92. The van der Waals surface area contributed by atoms with E-state index in [2.05, 4.69) is 5.32 Å². The maximum absolute atomic E-state index is 12.3. The van der Waals surface area contributed by atoms with Gasteiger partial charge in [-0.2, -0.15) is 0 Å². The fourth-order valence-electron chi connectivity index (χ4n) is 2.52. The Hall–Kier alpha value is -2.75. The van der Waals surface area contributed by atoms with Crippen LogP contribution in [-0.2, 0) is 4.79 Å². The minimum absolute atomic E-state index is 0.169. The van der Waals surface area contributed by atoms with Crippen LogP contribution in [0.2, 0.25) is 0 Å². The number of nitrogens with one attached hydrogen (secondary N) is 1.